The number of rotatable bonds is 2. The van der Waals surface area contributed by atoms with E-state index < -0.39 is 5.82 Å². The summed E-state index contributed by atoms with van der Waals surface area (Å²) in [5.74, 6) is 0.617. The topological polar surface area (TPSA) is 48.0 Å². The van der Waals surface area contributed by atoms with Crippen LogP contribution in [0.3, 0.4) is 0 Å². The van der Waals surface area contributed by atoms with Crippen molar-refractivity contribution in [2.75, 3.05) is 0 Å². The molecule has 1 aliphatic heterocycles. The van der Waals surface area contributed by atoms with Gasteiger partial charge in [-0.3, -0.25) is 0 Å². The highest BCUT2D eigenvalue weighted by Gasteiger charge is 2.24. The molecule has 3 aromatic heterocycles. The number of fused-ring (bicyclic) bond motifs is 2. The molecule has 0 N–H and O–H groups in total. The van der Waals surface area contributed by atoms with Crippen molar-refractivity contribution >= 4 is 17.2 Å². The average Bonchev–Trinajstić information content (AvgIpc) is 3.31. The van der Waals surface area contributed by atoms with E-state index in [1.54, 1.807) is 16.6 Å². The molecule has 0 spiro atoms. The van der Waals surface area contributed by atoms with Gasteiger partial charge in [0.05, 0.1) is 16.4 Å². The molecule has 1 aromatic carbocycles. The largest absolute Gasteiger partial charge is 0.327 e. The van der Waals surface area contributed by atoms with Crippen LogP contribution in [0.25, 0.3) is 28.2 Å². The first kappa shape index (κ1) is 14.6. The Morgan fingerprint density at radius 1 is 1.12 bits per heavy atom. The van der Waals surface area contributed by atoms with E-state index in [4.69, 9.17) is 16.6 Å². The molecule has 0 aliphatic carbocycles. The van der Waals surface area contributed by atoms with Crippen LogP contribution in [0.15, 0.2) is 42.9 Å². The highest BCUT2D eigenvalue weighted by molar-refractivity contribution is 6.31. The Hall–Kier alpha value is -2.73. The molecule has 0 saturated heterocycles. The van der Waals surface area contributed by atoms with Crippen molar-refractivity contribution in [3.05, 3.63) is 59.5 Å². The van der Waals surface area contributed by atoms with Crippen molar-refractivity contribution < 1.29 is 4.39 Å². The number of imidazole rings is 1. The summed E-state index contributed by atoms with van der Waals surface area (Å²) in [6.07, 6.45) is 5.49. The molecule has 0 fully saturated rings. The van der Waals surface area contributed by atoms with Crippen LogP contribution in [0, 0.1) is 5.82 Å². The summed E-state index contributed by atoms with van der Waals surface area (Å²) in [5, 5.41) is 4.32. The smallest absolute Gasteiger partial charge is 0.155 e. The Morgan fingerprint density at radius 3 is 2.88 bits per heavy atom. The van der Waals surface area contributed by atoms with Crippen molar-refractivity contribution in [3.63, 3.8) is 0 Å². The Labute approximate surface area is 147 Å². The Bertz CT molecular complexity index is 1110. The number of nitrogens with zero attached hydrogens (tertiary/aromatic N) is 5. The van der Waals surface area contributed by atoms with Gasteiger partial charge in [0.25, 0.3) is 0 Å². The lowest BCUT2D eigenvalue weighted by molar-refractivity contribution is 0.628. The molecule has 5 rings (SSSR count). The lowest BCUT2D eigenvalue weighted by Gasteiger charge is -2.09. The van der Waals surface area contributed by atoms with Gasteiger partial charge in [-0.25, -0.2) is 18.9 Å². The van der Waals surface area contributed by atoms with Gasteiger partial charge >= 0.3 is 0 Å². The van der Waals surface area contributed by atoms with Crippen LogP contribution in [0.1, 0.15) is 12.2 Å². The van der Waals surface area contributed by atoms with Crippen molar-refractivity contribution in [3.8, 4) is 22.5 Å². The maximum Gasteiger partial charge on any atom is 0.155 e. The predicted octanol–water partition coefficient (Wildman–Crippen LogP) is 4.00. The second-order valence-corrected chi connectivity index (χ2v) is 6.50. The van der Waals surface area contributed by atoms with Crippen LogP contribution in [-0.4, -0.2) is 24.1 Å². The van der Waals surface area contributed by atoms with E-state index in [2.05, 4.69) is 14.6 Å². The molecule has 124 valence electrons. The number of hydrogen-bond donors (Lipinski definition) is 0. The van der Waals surface area contributed by atoms with E-state index in [9.17, 15) is 4.39 Å². The second-order valence-electron chi connectivity index (χ2n) is 6.09. The van der Waals surface area contributed by atoms with Gasteiger partial charge in [-0.05, 0) is 36.8 Å². The molecule has 7 heteroatoms. The normalized spacial score (nSPS) is 13.5. The van der Waals surface area contributed by atoms with E-state index in [0.717, 1.165) is 53.4 Å². The van der Waals surface area contributed by atoms with E-state index in [1.165, 1.54) is 12.4 Å². The zero-order valence-corrected chi connectivity index (χ0v) is 13.9. The zero-order chi connectivity index (χ0) is 17.0. The van der Waals surface area contributed by atoms with Gasteiger partial charge in [0.1, 0.15) is 18.0 Å². The summed E-state index contributed by atoms with van der Waals surface area (Å²) in [4.78, 5) is 9.00. The lowest BCUT2D eigenvalue weighted by Crippen LogP contribution is -1.98. The molecule has 4 aromatic rings. The second kappa shape index (κ2) is 5.39. The molecular formula is C18H13ClFN5. The van der Waals surface area contributed by atoms with Gasteiger partial charge in [-0.15, -0.1) is 0 Å². The number of aromatic nitrogens is 5. The van der Waals surface area contributed by atoms with Crippen LogP contribution in [0.4, 0.5) is 4.39 Å². The molecule has 0 saturated carbocycles. The van der Waals surface area contributed by atoms with Crippen molar-refractivity contribution in [2.45, 2.75) is 19.4 Å². The average molecular weight is 354 g/mol. The van der Waals surface area contributed by atoms with Crippen LogP contribution >= 0.6 is 11.6 Å². The molecule has 0 amide bonds. The minimum atomic E-state index is -0.428. The van der Waals surface area contributed by atoms with Crippen molar-refractivity contribution in [1.29, 1.82) is 0 Å². The Kier molecular flexibility index (Phi) is 3.15. The quantitative estimate of drug-likeness (QED) is 0.547. The fraction of sp³-hybridized carbons (Fsp3) is 0.167. The number of halogens is 2. The van der Waals surface area contributed by atoms with Gasteiger partial charge in [0.2, 0.25) is 0 Å². The van der Waals surface area contributed by atoms with Gasteiger partial charge in [0.15, 0.2) is 5.65 Å². The fourth-order valence-corrected chi connectivity index (χ4v) is 3.60. The Morgan fingerprint density at radius 2 is 2.00 bits per heavy atom. The van der Waals surface area contributed by atoms with E-state index >= 15 is 0 Å². The first-order valence-corrected chi connectivity index (χ1v) is 8.43. The lowest BCUT2D eigenvalue weighted by atomic mass is 10.1. The van der Waals surface area contributed by atoms with Crippen LogP contribution in [-0.2, 0) is 13.0 Å². The molecule has 0 bridgehead atoms. The highest BCUT2D eigenvalue weighted by atomic mass is 35.5. The summed E-state index contributed by atoms with van der Waals surface area (Å²) in [5.41, 5.74) is 4.41. The van der Waals surface area contributed by atoms with Crippen LogP contribution < -0.4 is 0 Å². The highest BCUT2D eigenvalue weighted by Crippen LogP contribution is 2.36. The summed E-state index contributed by atoms with van der Waals surface area (Å²) in [6.45, 7) is 0.919. The molecule has 4 heterocycles. The number of pyridine rings is 1. The fourth-order valence-electron chi connectivity index (χ4n) is 3.42. The first-order valence-electron chi connectivity index (χ1n) is 8.05. The molecule has 0 atom stereocenters. The van der Waals surface area contributed by atoms with E-state index in [0.29, 0.717) is 0 Å². The van der Waals surface area contributed by atoms with Crippen LogP contribution in [0.5, 0.6) is 0 Å². The van der Waals surface area contributed by atoms with Gasteiger partial charge in [-0.2, -0.15) is 5.10 Å². The van der Waals surface area contributed by atoms with Crippen molar-refractivity contribution in [2.24, 2.45) is 0 Å². The Balaban J connectivity index is 1.76. The molecule has 1 aliphatic rings. The molecular weight excluding hydrogens is 341 g/mol. The van der Waals surface area contributed by atoms with Gasteiger partial charge in [0, 0.05) is 30.3 Å². The van der Waals surface area contributed by atoms with E-state index in [-0.39, 0.29) is 5.02 Å². The minimum Gasteiger partial charge on any atom is -0.327 e. The van der Waals surface area contributed by atoms with Crippen LogP contribution in [0.2, 0.25) is 5.02 Å². The summed E-state index contributed by atoms with van der Waals surface area (Å²) < 4.78 is 17.5. The van der Waals surface area contributed by atoms with Gasteiger partial charge in [-0.1, -0.05) is 11.6 Å². The SMILES string of the molecule is Fc1ccc(-c2nc3n(c2-c2ccc4ncnn4c2)CCC3)cc1Cl. The maximum atomic E-state index is 13.6. The predicted molar refractivity (Wildman–Crippen MR) is 92.9 cm³/mol. The third kappa shape index (κ3) is 2.25. The summed E-state index contributed by atoms with van der Waals surface area (Å²) >= 11 is 5.99. The minimum absolute atomic E-state index is 0.100. The third-order valence-electron chi connectivity index (χ3n) is 4.57. The zero-order valence-electron chi connectivity index (χ0n) is 13.2. The summed E-state index contributed by atoms with van der Waals surface area (Å²) in [6, 6.07) is 8.68. The van der Waals surface area contributed by atoms with Crippen molar-refractivity contribution in [1.82, 2.24) is 24.1 Å². The van der Waals surface area contributed by atoms with E-state index in [1.807, 2.05) is 18.3 Å². The molecule has 0 radical (unpaired) electrons. The number of hydrogen-bond acceptors (Lipinski definition) is 3. The first-order chi connectivity index (χ1) is 12.2. The summed E-state index contributed by atoms with van der Waals surface area (Å²) in [7, 11) is 0. The standard InChI is InChI=1S/C18H13ClFN5/c19-13-8-11(3-5-14(13)20)17-18(24-7-1-2-16(24)23-17)12-4-6-15-21-10-22-25(15)9-12/h3-6,8-10H,1-2,7H2. The molecule has 0 unspecified atom stereocenters. The number of aryl methyl sites for hydroxylation is 1. The van der Waals surface area contributed by atoms with Gasteiger partial charge < -0.3 is 4.57 Å². The monoisotopic (exact) mass is 353 g/mol. The maximum absolute atomic E-state index is 13.6. The molecule has 25 heavy (non-hydrogen) atoms. The third-order valence-corrected chi connectivity index (χ3v) is 4.86. The molecule has 5 nitrogen and oxygen atoms in total. The number of benzene rings is 1.